The molecule has 0 radical (unpaired) electrons. The first kappa shape index (κ1) is 15.0. The Kier molecular flexibility index (Phi) is 4.40. The number of rotatable bonds is 5. The quantitative estimate of drug-likeness (QED) is 0.611. The molecular weight excluding hydrogens is 320 g/mol. The highest BCUT2D eigenvalue weighted by molar-refractivity contribution is 7.13. The van der Waals surface area contributed by atoms with Gasteiger partial charge in [-0.1, -0.05) is 24.9 Å². The third-order valence-corrected chi connectivity index (χ3v) is 4.25. The van der Waals surface area contributed by atoms with Gasteiger partial charge in [-0.2, -0.15) is 0 Å². The molecule has 1 N–H and O–H groups in total. The van der Waals surface area contributed by atoms with Crippen molar-refractivity contribution < 1.29 is 5.11 Å². The second-order valence-electron chi connectivity index (χ2n) is 4.85. The number of thiazole rings is 1. The fourth-order valence-electron chi connectivity index (χ4n) is 2.29. The third kappa shape index (κ3) is 2.84. The molecule has 1 aromatic carbocycles. The smallest absolute Gasteiger partial charge is 0.229 e. The molecule has 0 amide bonds. The van der Waals surface area contributed by atoms with Crippen molar-refractivity contribution in [2.75, 3.05) is 0 Å². The van der Waals surface area contributed by atoms with Crippen molar-refractivity contribution in [2.45, 2.75) is 26.3 Å². The molecule has 0 atom stereocenters. The van der Waals surface area contributed by atoms with Gasteiger partial charge in [-0.05, 0) is 24.6 Å². The molecule has 2 aromatic heterocycles. The fourth-order valence-corrected chi connectivity index (χ4v) is 2.91. The van der Waals surface area contributed by atoms with Crippen LogP contribution >= 0.6 is 22.9 Å². The lowest BCUT2D eigenvalue weighted by Crippen LogP contribution is -1.96. The Bertz CT molecular complexity index is 811. The van der Waals surface area contributed by atoms with Crippen LogP contribution in [0.1, 0.15) is 19.8 Å². The van der Waals surface area contributed by atoms with Crippen LogP contribution in [0.25, 0.3) is 10.9 Å². The number of nitrogens with zero attached hydrogens (tertiary/aromatic N) is 4. The zero-order chi connectivity index (χ0) is 15.5. The van der Waals surface area contributed by atoms with E-state index < -0.39 is 0 Å². The SMILES string of the molecule is CCCCn1c(O)c(N=Nc2nccs2)c2ccc(Cl)cc21. The van der Waals surface area contributed by atoms with Gasteiger partial charge in [0.25, 0.3) is 0 Å². The summed E-state index contributed by atoms with van der Waals surface area (Å²) in [6, 6.07) is 5.49. The molecule has 0 bridgehead atoms. The van der Waals surface area contributed by atoms with Crippen LogP contribution in [-0.4, -0.2) is 14.7 Å². The van der Waals surface area contributed by atoms with Crippen molar-refractivity contribution in [3.05, 3.63) is 34.8 Å². The van der Waals surface area contributed by atoms with Gasteiger partial charge in [0.2, 0.25) is 11.0 Å². The molecule has 0 saturated carbocycles. The maximum atomic E-state index is 10.5. The van der Waals surface area contributed by atoms with E-state index in [2.05, 4.69) is 22.1 Å². The minimum absolute atomic E-state index is 0.117. The second-order valence-corrected chi connectivity index (χ2v) is 6.16. The van der Waals surface area contributed by atoms with Crippen LogP contribution in [0.5, 0.6) is 5.88 Å². The van der Waals surface area contributed by atoms with Crippen molar-refractivity contribution in [1.82, 2.24) is 9.55 Å². The van der Waals surface area contributed by atoms with Gasteiger partial charge in [0.15, 0.2) is 5.69 Å². The van der Waals surface area contributed by atoms with Crippen LogP contribution in [0.3, 0.4) is 0 Å². The van der Waals surface area contributed by atoms with E-state index in [0.717, 1.165) is 23.7 Å². The van der Waals surface area contributed by atoms with Gasteiger partial charge in [-0.25, -0.2) is 4.98 Å². The molecule has 7 heteroatoms. The van der Waals surface area contributed by atoms with E-state index in [-0.39, 0.29) is 5.88 Å². The first-order valence-corrected chi connectivity index (χ1v) is 8.28. The second kappa shape index (κ2) is 6.46. The molecule has 5 nitrogen and oxygen atoms in total. The number of aromatic hydroxyl groups is 1. The molecule has 114 valence electrons. The summed E-state index contributed by atoms with van der Waals surface area (Å²) in [6.45, 7) is 2.82. The van der Waals surface area contributed by atoms with Crippen LogP contribution in [0.15, 0.2) is 40.0 Å². The van der Waals surface area contributed by atoms with Gasteiger partial charge in [-0.3, -0.25) is 0 Å². The minimum Gasteiger partial charge on any atom is -0.493 e. The average molecular weight is 335 g/mol. The molecule has 3 aromatic rings. The Morgan fingerprint density at radius 2 is 2.23 bits per heavy atom. The number of benzene rings is 1. The number of aromatic nitrogens is 2. The lowest BCUT2D eigenvalue weighted by Gasteiger charge is -2.05. The van der Waals surface area contributed by atoms with Crippen molar-refractivity contribution in [3.8, 4) is 5.88 Å². The Hall–Kier alpha value is -1.92. The molecule has 3 rings (SSSR count). The standard InChI is InChI=1S/C15H15ClN4OS/c1-2-3-7-20-12-9-10(16)4-5-11(12)13(14(20)21)18-19-15-17-6-8-22-15/h4-6,8-9,21H,2-3,7H2,1H3. The molecule has 0 fully saturated rings. The molecule has 0 aliphatic rings. The zero-order valence-electron chi connectivity index (χ0n) is 12.0. The maximum Gasteiger partial charge on any atom is 0.229 e. The van der Waals surface area contributed by atoms with Gasteiger partial charge < -0.3 is 9.67 Å². The first-order valence-electron chi connectivity index (χ1n) is 7.02. The normalized spacial score (nSPS) is 11.7. The Labute approximate surface area is 136 Å². The molecule has 0 spiro atoms. The topological polar surface area (TPSA) is 62.8 Å². The highest BCUT2D eigenvalue weighted by Crippen LogP contribution is 2.40. The maximum absolute atomic E-state index is 10.5. The van der Waals surface area contributed by atoms with Gasteiger partial charge in [0.05, 0.1) is 5.52 Å². The summed E-state index contributed by atoms with van der Waals surface area (Å²) in [5.41, 5.74) is 1.32. The van der Waals surface area contributed by atoms with Gasteiger partial charge >= 0.3 is 0 Å². The zero-order valence-corrected chi connectivity index (χ0v) is 13.6. The summed E-state index contributed by atoms with van der Waals surface area (Å²) >= 11 is 7.48. The van der Waals surface area contributed by atoms with E-state index in [1.54, 1.807) is 12.3 Å². The van der Waals surface area contributed by atoms with E-state index in [1.807, 2.05) is 22.1 Å². The highest BCUT2D eigenvalue weighted by atomic mass is 35.5. The van der Waals surface area contributed by atoms with E-state index in [1.165, 1.54) is 11.3 Å². The predicted octanol–water partition coefficient (Wildman–Crippen LogP) is 5.67. The van der Waals surface area contributed by atoms with Crippen molar-refractivity contribution in [1.29, 1.82) is 0 Å². The lowest BCUT2D eigenvalue weighted by atomic mass is 10.2. The third-order valence-electron chi connectivity index (χ3n) is 3.36. The summed E-state index contributed by atoms with van der Waals surface area (Å²) in [6.07, 6.45) is 3.67. The lowest BCUT2D eigenvalue weighted by molar-refractivity contribution is 0.418. The fraction of sp³-hybridized carbons (Fsp3) is 0.267. The van der Waals surface area contributed by atoms with Crippen molar-refractivity contribution >= 4 is 44.7 Å². The molecule has 22 heavy (non-hydrogen) atoms. The van der Waals surface area contributed by atoms with Crippen LogP contribution in [0.4, 0.5) is 10.8 Å². The number of halogens is 1. The monoisotopic (exact) mass is 334 g/mol. The van der Waals surface area contributed by atoms with E-state index in [4.69, 9.17) is 11.6 Å². The number of hydrogen-bond acceptors (Lipinski definition) is 5. The number of fused-ring (bicyclic) bond motifs is 1. The summed E-state index contributed by atoms with van der Waals surface area (Å²) in [4.78, 5) is 4.06. The van der Waals surface area contributed by atoms with Crippen molar-refractivity contribution in [3.63, 3.8) is 0 Å². The van der Waals surface area contributed by atoms with Gasteiger partial charge in [0, 0.05) is 28.5 Å². The van der Waals surface area contributed by atoms with E-state index >= 15 is 0 Å². The Balaban J connectivity index is 2.10. The van der Waals surface area contributed by atoms with Gasteiger partial charge in [0.1, 0.15) is 0 Å². The number of hydrogen-bond donors (Lipinski definition) is 1. The van der Waals surface area contributed by atoms with E-state index in [0.29, 0.717) is 22.4 Å². The van der Waals surface area contributed by atoms with Crippen LogP contribution in [-0.2, 0) is 6.54 Å². The predicted molar refractivity (Wildman–Crippen MR) is 89.8 cm³/mol. The summed E-state index contributed by atoms with van der Waals surface area (Å²) in [7, 11) is 0. The largest absolute Gasteiger partial charge is 0.493 e. The molecule has 0 saturated heterocycles. The molecule has 0 unspecified atom stereocenters. The Morgan fingerprint density at radius 3 is 2.95 bits per heavy atom. The highest BCUT2D eigenvalue weighted by Gasteiger charge is 2.16. The number of unbranched alkanes of at least 4 members (excludes halogenated alkanes) is 1. The summed E-state index contributed by atoms with van der Waals surface area (Å²) in [5.74, 6) is 0.117. The van der Waals surface area contributed by atoms with E-state index in [9.17, 15) is 5.11 Å². The number of aryl methyl sites for hydroxylation is 1. The first-order chi connectivity index (χ1) is 10.7. The molecular formula is C15H15ClN4OS. The minimum atomic E-state index is 0.117. The van der Waals surface area contributed by atoms with Crippen molar-refractivity contribution in [2.24, 2.45) is 10.2 Å². The van der Waals surface area contributed by atoms with Gasteiger partial charge in [-0.15, -0.1) is 21.6 Å². The Morgan fingerprint density at radius 1 is 1.36 bits per heavy atom. The summed E-state index contributed by atoms with van der Waals surface area (Å²) < 4.78 is 1.83. The average Bonchev–Trinajstić information content (AvgIpc) is 3.10. The molecule has 0 aliphatic heterocycles. The molecule has 2 heterocycles. The summed E-state index contributed by atoms with van der Waals surface area (Å²) in [5, 5.41) is 22.6. The van der Waals surface area contributed by atoms with Crippen LogP contribution in [0.2, 0.25) is 5.02 Å². The van der Waals surface area contributed by atoms with Crippen LogP contribution < -0.4 is 0 Å². The number of azo groups is 1. The molecule has 0 aliphatic carbocycles. The van der Waals surface area contributed by atoms with Crippen LogP contribution in [0, 0.1) is 0 Å².